The van der Waals surface area contributed by atoms with Crippen molar-refractivity contribution in [1.82, 2.24) is 14.9 Å². The van der Waals surface area contributed by atoms with Crippen LogP contribution in [0.2, 0.25) is 0 Å². The highest BCUT2D eigenvalue weighted by Gasteiger charge is 2.22. The number of methoxy groups -OCH3 is 1. The summed E-state index contributed by atoms with van der Waals surface area (Å²) < 4.78 is 5.19. The van der Waals surface area contributed by atoms with E-state index in [4.69, 9.17) is 4.74 Å². The minimum Gasteiger partial charge on any atom is -0.497 e. The molecule has 136 valence electrons. The van der Waals surface area contributed by atoms with Gasteiger partial charge in [0.1, 0.15) is 5.75 Å². The van der Waals surface area contributed by atoms with Gasteiger partial charge in [-0.2, -0.15) is 0 Å². The molecular weight excluding hydrogens is 330 g/mol. The van der Waals surface area contributed by atoms with Crippen LogP contribution in [0.1, 0.15) is 10.4 Å². The number of anilines is 2. The Bertz CT molecular complexity index is 738. The maximum atomic E-state index is 12.6. The van der Waals surface area contributed by atoms with Crippen LogP contribution in [-0.4, -0.2) is 60.6 Å². The molecule has 1 aromatic heterocycles. The maximum Gasteiger partial charge on any atom is 0.257 e. The molecule has 1 amide bonds. The average Bonchev–Trinajstić information content (AvgIpc) is 2.72. The Morgan fingerprint density at radius 2 is 1.85 bits per heavy atom. The topological polar surface area (TPSA) is 70.6 Å². The van der Waals surface area contributed by atoms with E-state index in [1.165, 1.54) is 0 Å². The van der Waals surface area contributed by atoms with Crippen molar-refractivity contribution in [2.24, 2.45) is 0 Å². The van der Waals surface area contributed by atoms with Crippen LogP contribution in [0.5, 0.6) is 5.75 Å². The fraction of sp³-hybridized carbons (Fsp3) is 0.316. The molecule has 2 heterocycles. The Morgan fingerprint density at radius 3 is 2.42 bits per heavy atom. The normalized spacial score (nSPS) is 14.0. The monoisotopic (exact) mass is 353 g/mol. The molecule has 0 unspecified atom stereocenters. The summed E-state index contributed by atoms with van der Waals surface area (Å²) in [4.78, 5) is 25.1. The molecule has 0 aliphatic carbocycles. The first-order valence-electron chi connectivity index (χ1n) is 8.56. The van der Waals surface area contributed by atoms with Crippen LogP contribution in [0.3, 0.4) is 0 Å². The van der Waals surface area contributed by atoms with Gasteiger partial charge in [-0.15, -0.1) is 6.58 Å². The first kappa shape index (κ1) is 17.7. The third kappa shape index (κ3) is 4.11. The quantitative estimate of drug-likeness (QED) is 0.802. The highest BCUT2D eigenvalue weighted by molar-refractivity contribution is 5.93. The molecule has 1 N–H and O–H groups in total. The van der Waals surface area contributed by atoms with Crippen molar-refractivity contribution < 1.29 is 9.53 Å². The molecule has 0 radical (unpaired) electrons. The third-order valence-electron chi connectivity index (χ3n) is 4.31. The van der Waals surface area contributed by atoms with Gasteiger partial charge in [0.2, 0.25) is 5.95 Å². The predicted octanol–water partition coefficient (Wildman–Crippen LogP) is 2.05. The Kier molecular flexibility index (Phi) is 5.68. The largest absolute Gasteiger partial charge is 0.497 e. The summed E-state index contributed by atoms with van der Waals surface area (Å²) in [6, 6.07) is 7.98. The van der Waals surface area contributed by atoms with Gasteiger partial charge in [-0.1, -0.05) is 6.08 Å². The van der Waals surface area contributed by atoms with Gasteiger partial charge >= 0.3 is 0 Å². The van der Waals surface area contributed by atoms with Crippen LogP contribution in [0.25, 0.3) is 0 Å². The minimum absolute atomic E-state index is 0.0327. The number of nitrogens with zero attached hydrogens (tertiary/aromatic N) is 4. The van der Waals surface area contributed by atoms with E-state index in [0.717, 1.165) is 24.5 Å². The molecule has 0 saturated carbocycles. The van der Waals surface area contributed by atoms with Gasteiger partial charge < -0.3 is 19.9 Å². The summed E-state index contributed by atoms with van der Waals surface area (Å²) in [5.41, 5.74) is 1.64. The lowest BCUT2D eigenvalue weighted by atomic mass is 10.2. The number of nitrogens with one attached hydrogen (secondary N) is 1. The lowest BCUT2D eigenvalue weighted by molar-refractivity contribution is 0.0746. The summed E-state index contributed by atoms with van der Waals surface area (Å²) in [5.74, 6) is 1.30. The summed E-state index contributed by atoms with van der Waals surface area (Å²) in [7, 11) is 1.66. The number of hydrogen-bond acceptors (Lipinski definition) is 6. The summed E-state index contributed by atoms with van der Waals surface area (Å²) in [6.07, 6.45) is 4.86. The lowest BCUT2D eigenvalue weighted by Gasteiger charge is -2.36. The van der Waals surface area contributed by atoms with E-state index in [1.54, 1.807) is 25.6 Å². The number of ether oxygens (including phenoxy) is 1. The van der Waals surface area contributed by atoms with Gasteiger partial charge in [0.25, 0.3) is 5.91 Å². The number of carbonyl (C=O) groups excluding carboxylic acids is 1. The number of rotatable bonds is 6. The maximum absolute atomic E-state index is 12.6. The molecule has 1 aliphatic rings. The van der Waals surface area contributed by atoms with E-state index in [0.29, 0.717) is 31.1 Å². The molecule has 0 spiro atoms. The fourth-order valence-corrected chi connectivity index (χ4v) is 2.84. The van der Waals surface area contributed by atoms with Crippen molar-refractivity contribution >= 4 is 17.5 Å². The van der Waals surface area contributed by atoms with Crippen LogP contribution in [-0.2, 0) is 0 Å². The first-order valence-corrected chi connectivity index (χ1v) is 8.56. The summed E-state index contributed by atoms with van der Waals surface area (Å²) >= 11 is 0. The third-order valence-corrected chi connectivity index (χ3v) is 4.31. The summed E-state index contributed by atoms with van der Waals surface area (Å²) in [5, 5.41) is 2.99. The van der Waals surface area contributed by atoms with E-state index in [9.17, 15) is 4.79 Å². The highest BCUT2D eigenvalue weighted by atomic mass is 16.5. The zero-order chi connectivity index (χ0) is 18.4. The molecule has 26 heavy (non-hydrogen) atoms. The molecule has 7 heteroatoms. The Balaban J connectivity index is 1.56. The average molecular weight is 353 g/mol. The minimum atomic E-state index is -0.0327. The molecule has 1 aromatic carbocycles. The highest BCUT2D eigenvalue weighted by Crippen LogP contribution is 2.21. The van der Waals surface area contributed by atoms with E-state index in [1.807, 2.05) is 29.2 Å². The number of piperazine rings is 1. The van der Waals surface area contributed by atoms with Crippen molar-refractivity contribution in [2.75, 3.05) is 50.1 Å². The molecule has 0 atom stereocenters. The van der Waals surface area contributed by atoms with Gasteiger partial charge in [0.15, 0.2) is 0 Å². The second-order valence-corrected chi connectivity index (χ2v) is 5.94. The van der Waals surface area contributed by atoms with Crippen LogP contribution in [0.15, 0.2) is 49.3 Å². The predicted molar refractivity (Wildman–Crippen MR) is 102 cm³/mol. The molecule has 1 fully saturated rings. The van der Waals surface area contributed by atoms with Crippen LogP contribution < -0.4 is 15.0 Å². The Labute approximate surface area is 153 Å². The number of hydrogen-bond donors (Lipinski definition) is 1. The van der Waals surface area contributed by atoms with Crippen molar-refractivity contribution in [1.29, 1.82) is 0 Å². The zero-order valence-corrected chi connectivity index (χ0v) is 14.9. The summed E-state index contributed by atoms with van der Waals surface area (Å²) in [6.45, 7) is 7.13. The molecule has 7 nitrogen and oxygen atoms in total. The molecule has 0 bridgehead atoms. The number of benzene rings is 1. The first-order chi connectivity index (χ1) is 12.7. The Morgan fingerprint density at radius 1 is 1.19 bits per heavy atom. The molecule has 3 rings (SSSR count). The SMILES string of the molecule is C=CCNc1ncc(C(=O)N2CCN(c3ccc(OC)cc3)CC2)cn1. The molecular formula is C19H23N5O2. The van der Waals surface area contributed by atoms with Gasteiger partial charge in [-0.3, -0.25) is 4.79 Å². The van der Waals surface area contributed by atoms with Crippen LogP contribution >= 0.6 is 0 Å². The van der Waals surface area contributed by atoms with Gasteiger partial charge in [0.05, 0.1) is 12.7 Å². The zero-order valence-electron chi connectivity index (χ0n) is 14.9. The molecule has 1 aliphatic heterocycles. The second-order valence-electron chi connectivity index (χ2n) is 5.94. The lowest BCUT2D eigenvalue weighted by Crippen LogP contribution is -2.48. The van der Waals surface area contributed by atoms with Gasteiger partial charge in [0, 0.05) is 50.8 Å². The van der Waals surface area contributed by atoms with Crippen molar-refractivity contribution in [3.63, 3.8) is 0 Å². The van der Waals surface area contributed by atoms with Crippen LogP contribution in [0, 0.1) is 0 Å². The van der Waals surface area contributed by atoms with Gasteiger partial charge in [-0.25, -0.2) is 9.97 Å². The van der Waals surface area contributed by atoms with Crippen molar-refractivity contribution in [3.05, 3.63) is 54.9 Å². The van der Waals surface area contributed by atoms with E-state index in [-0.39, 0.29) is 5.91 Å². The van der Waals surface area contributed by atoms with Gasteiger partial charge in [-0.05, 0) is 24.3 Å². The van der Waals surface area contributed by atoms with E-state index >= 15 is 0 Å². The standard InChI is InChI=1S/C19H23N5O2/c1-3-8-20-19-21-13-15(14-22-19)18(25)24-11-9-23(10-12-24)16-4-6-17(26-2)7-5-16/h3-7,13-14H,1,8-12H2,2H3,(H,20,21,22). The number of amides is 1. The van der Waals surface area contributed by atoms with Crippen LogP contribution in [0.4, 0.5) is 11.6 Å². The second kappa shape index (κ2) is 8.33. The van der Waals surface area contributed by atoms with E-state index in [2.05, 4.69) is 26.8 Å². The number of carbonyl (C=O) groups is 1. The fourth-order valence-electron chi connectivity index (χ4n) is 2.84. The van der Waals surface area contributed by atoms with E-state index < -0.39 is 0 Å². The molecule has 1 saturated heterocycles. The van der Waals surface area contributed by atoms with Crippen molar-refractivity contribution in [2.45, 2.75) is 0 Å². The molecule has 2 aromatic rings. The van der Waals surface area contributed by atoms with Crippen molar-refractivity contribution in [3.8, 4) is 5.75 Å². The Hall–Kier alpha value is -3.09. The smallest absolute Gasteiger partial charge is 0.257 e. The number of aromatic nitrogens is 2.